The quantitative estimate of drug-likeness (QED) is 0.0147. The molecule has 1 rings (SSSR count). The van der Waals surface area contributed by atoms with Gasteiger partial charge in [0.1, 0.15) is 42.7 Å². The van der Waals surface area contributed by atoms with Crippen LogP contribution in [0.15, 0.2) is 36.5 Å². The smallest absolute Gasteiger partial charge is 0.457 e. The second-order valence-corrected chi connectivity index (χ2v) is 19.4. The van der Waals surface area contributed by atoms with Crippen LogP contribution >= 0.6 is 7.82 Å². The zero-order valence-electron chi connectivity index (χ0n) is 40.3. The summed E-state index contributed by atoms with van der Waals surface area (Å²) in [6.07, 6.45) is 37.7. The van der Waals surface area contributed by atoms with Crippen molar-refractivity contribution in [2.75, 3.05) is 19.8 Å². The Balaban J connectivity index is 2.34. The van der Waals surface area contributed by atoms with Crippen LogP contribution in [0.5, 0.6) is 0 Å². The number of ether oxygens (including phenoxy) is 2. The SMILES string of the molecule is CCCCC/C=C\C/C=C\CCCCCCCCCCOCC(COP(=O)(O)OC1C(O)C(O)C(O)C(O)C1O)OC(=O)CCCCCCCCCCC/C=C\CCCCCCCC. The van der Waals surface area contributed by atoms with Crippen molar-refractivity contribution in [3.8, 4) is 0 Å². The fraction of sp³-hybridized carbons (Fsp3) is 0.863. The molecule has 0 spiro atoms. The zero-order valence-corrected chi connectivity index (χ0v) is 41.2. The number of hydrogen-bond donors (Lipinski definition) is 6. The van der Waals surface area contributed by atoms with Crippen LogP contribution in [0.25, 0.3) is 0 Å². The molecule has 1 aliphatic rings. The van der Waals surface area contributed by atoms with Crippen molar-refractivity contribution in [1.29, 1.82) is 0 Å². The lowest BCUT2D eigenvalue weighted by Gasteiger charge is -2.41. The fourth-order valence-corrected chi connectivity index (χ4v) is 8.82. The summed E-state index contributed by atoms with van der Waals surface area (Å²) >= 11 is 0. The molecule has 0 bridgehead atoms. The van der Waals surface area contributed by atoms with E-state index in [2.05, 4.69) is 50.3 Å². The van der Waals surface area contributed by atoms with Gasteiger partial charge in [-0.1, -0.05) is 179 Å². The second kappa shape index (κ2) is 41.7. The summed E-state index contributed by atoms with van der Waals surface area (Å²) in [5.74, 6) is -0.480. The maximum Gasteiger partial charge on any atom is 0.472 e. The maximum absolute atomic E-state index is 12.9. The molecule has 6 N–H and O–H groups in total. The second-order valence-electron chi connectivity index (χ2n) is 18.0. The third-order valence-electron chi connectivity index (χ3n) is 12.0. The molecule has 6 atom stereocenters. The Labute approximate surface area is 389 Å². The van der Waals surface area contributed by atoms with Crippen molar-refractivity contribution in [2.45, 2.75) is 262 Å². The van der Waals surface area contributed by atoms with Gasteiger partial charge in [-0.3, -0.25) is 13.8 Å². The molecule has 1 saturated carbocycles. The van der Waals surface area contributed by atoms with Crippen LogP contribution in [-0.2, 0) is 27.9 Å². The average Bonchev–Trinajstić information content (AvgIpc) is 3.28. The van der Waals surface area contributed by atoms with Crippen LogP contribution in [0, 0.1) is 0 Å². The van der Waals surface area contributed by atoms with Gasteiger partial charge in [0.25, 0.3) is 0 Å². The minimum absolute atomic E-state index is 0.0801. The Hall–Kier alpha value is -1.44. The number of aliphatic hydroxyl groups excluding tert-OH is 5. The van der Waals surface area contributed by atoms with Gasteiger partial charge >= 0.3 is 13.8 Å². The van der Waals surface area contributed by atoms with Crippen molar-refractivity contribution in [3.63, 3.8) is 0 Å². The highest BCUT2D eigenvalue weighted by atomic mass is 31.2. The number of aliphatic hydroxyl groups is 5. The molecule has 0 radical (unpaired) electrons. The molecule has 0 aromatic rings. The lowest BCUT2D eigenvalue weighted by molar-refractivity contribution is -0.220. The van der Waals surface area contributed by atoms with Gasteiger partial charge in [-0.2, -0.15) is 0 Å². The predicted molar refractivity (Wildman–Crippen MR) is 258 cm³/mol. The highest BCUT2D eigenvalue weighted by Crippen LogP contribution is 2.47. The summed E-state index contributed by atoms with van der Waals surface area (Å²) in [7, 11) is -5.02. The van der Waals surface area contributed by atoms with E-state index in [9.17, 15) is 39.8 Å². The van der Waals surface area contributed by atoms with Crippen LogP contribution in [-0.4, -0.2) is 98.9 Å². The standard InChI is InChI=1S/C51H95O12P/c1-3-5-7-9-11-13-15-17-19-21-23-24-26-28-30-32-34-36-38-40-45(52)62-44(43-61-64(58,59)63-51-49(56)47(54)46(53)48(55)50(51)57)42-60-41-39-37-35-33-31-29-27-25-22-20-18-16-14-12-10-8-6-4-2/h12,14,17-20,44,46-51,53-57H,3-11,13,15-16,21-43H2,1-2H3,(H,58,59)/b14-12-,19-17-,20-18-. The maximum atomic E-state index is 12.9. The molecular weight excluding hydrogens is 836 g/mol. The first-order valence-electron chi connectivity index (χ1n) is 25.8. The summed E-state index contributed by atoms with van der Waals surface area (Å²) < 4.78 is 34.3. The van der Waals surface area contributed by atoms with Crippen LogP contribution in [0.1, 0.15) is 219 Å². The highest BCUT2D eigenvalue weighted by Gasteiger charge is 2.51. The zero-order chi connectivity index (χ0) is 46.9. The van der Waals surface area contributed by atoms with Gasteiger partial charge in [-0.15, -0.1) is 0 Å². The first-order valence-corrected chi connectivity index (χ1v) is 27.3. The molecular formula is C51H95O12P. The molecule has 64 heavy (non-hydrogen) atoms. The number of phosphoric acid groups is 1. The number of hydrogen-bond acceptors (Lipinski definition) is 11. The molecule has 12 nitrogen and oxygen atoms in total. The van der Waals surface area contributed by atoms with E-state index >= 15 is 0 Å². The van der Waals surface area contributed by atoms with Gasteiger partial charge in [0.05, 0.1) is 13.2 Å². The van der Waals surface area contributed by atoms with Gasteiger partial charge in [-0.05, 0) is 70.6 Å². The molecule has 0 aromatic heterocycles. The topological polar surface area (TPSA) is 192 Å². The van der Waals surface area contributed by atoms with Crippen molar-refractivity contribution in [2.24, 2.45) is 0 Å². The van der Waals surface area contributed by atoms with E-state index in [-0.39, 0.29) is 13.0 Å². The van der Waals surface area contributed by atoms with Crippen molar-refractivity contribution in [3.05, 3.63) is 36.5 Å². The Bertz CT molecular complexity index is 1200. The van der Waals surface area contributed by atoms with E-state index in [0.29, 0.717) is 13.0 Å². The van der Waals surface area contributed by atoms with E-state index in [4.69, 9.17) is 18.5 Å². The summed E-state index contributed by atoms with van der Waals surface area (Å²) in [6.45, 7) is 4.24. The van der Waals surface area contributed by atoms with Gasteiger partial charge in [0.15, 0.2) is 0 Å². The first kappa shape index (κ1) is 60.6. The Morgan fingerprint density at radius 1 is 0.500 bits per heavy atom. The largest absolute Gasteiger partial charge is 0.472 e. The Morgan fingerprint density at radius 3 is 1.36 bits per heavy atom. The fourth-order valence-electron chi connectivity index (χ4n) is 7.85. The third kappa shape index (κ3) is 33.1. The number of carbonyl (C=O) groups is 1. The Morgan fingerprint density at radius 2 is 0.875 bits per heavy atom. The molecule has 1 aliphatic carbocycles. The summed E-state index contributed by atoms with van der Waals surface area (Å²) in [4.78, 5) is 23.2. The average molecular weight is 931 g/mol. The number of esters is 1. The van der Waals surface area contributed by atoms with E-state index < -0.39 is 63.1 Å². The van der Waals surface area contributed by atoms with Gasteiger partial charge in [0.2, 0.25) is 0 Å². The van der Waals surface area contributed by atoms with E-state index in [1.54, 1.807) is 0 Å². The number of phosphoric ester groups is 1. The lowest BCUT2D eigenvalue weighted by atomic mass is 9.85. The van der Waals surface area contributed by atoms with Crippen LogP contribution in [0.3, 0.4) is 0 Å². The normalized spacial score (nSPS) is 21.9. The minimum atomic E-state index is -5.02. The number of carbonyl (C=O) groups excluding carboxylic acids is 1. The van der Waals surface area contributed by atoms with Gasteiger partial charge in [0, 0.05) is 13.0 Å². The lowest BCUT2D eigenvalue weighted by Crippen LogP contribution is -2.64. The number of unbranched alkanes of at least 4 members (excludes halogenated alkanes) is 26. The monoisotopic (exact) mass is 931 g/mol. The first-order chi connectivity index (χ1) is 31.0. The molecule has 0 saturated heterocycles. The summed E-state index contributed by atoms with van der Waals surface area (Å²) in [5, 5.41) is 50.3. The molecule has 1 fully saturated rings. The summed E-state index contributed by atoms with van der Waals surface area (Å²) in [6, 6.07) is 0. The van der Waals surface area contributed by atoms with E-state index in [0.717, 1.165) is 57.8 Å². The molecule has 0 aromatic carbocycles. The molecule has 13 heteroatoms. The molecule has 6 unspecified atom stereocenters. The van der Waals surface area contributed by atoms with Crippen molar-refractivity contribution in [1.82, 2.24) is 0 Å². The van der Waals surface area contributed by atoms with Crippen LogP contribution in [0.4, 0.5) is 0 Å². The van der Waals surface area contributed by atoms with Crippen molar-refractivity contribution < 1.29 is 58.3 Å². The van der Waals surface area contributed by atoms with E-state index in [1.165, 1.54) is 135 Å². The molecule has 0 aliphatic heterocycles. The molecule has 0 heterocycles. The Kier molecular flexibility index (Phi) is 39.5. The van der Waals surface area contributed by atoms with E-state index in [1.807, 2.05) is 0 Å². The molecule has 376 valence electrons. The van der Waals surface area contributed by atoms with Crippen LogP contribution < -0.4 is 0 Å². The minimum Gasteiger partial charge on any atom is -0.457 e. The third-order valence-corrected chi connectivity index (χ3v) is 13.0. The van der Waals surface area contributed by atoms with Gasteiger partial charge < -0.3 is 39.9 Å². The highest BCUT2D eigenvalue weighted by molar-refractivity contribution is 7.47. The van der Waals surface area contributed by atoms with Crippen LogP contribution in [0.2, 0.25) is 0 Å². The number of rotatable bonds is 44. The number of allylic oxidation sites excluding steroid dienone is 6. The van der Waals surface area contributed by atoms with Crippen molar-refractivity contribution >= 4 is 13.8 Å². The van der Waals surface area contributed by atoms with Gasteiger partial charge in [-0.25, -0.2) is 4.57 Å². The molecule has 0 amide bonds. The predicted octanol–water partition coefficient (Wildman–Crippen LogP) is 11.4. The summed E-state index contributed by atoms with van der Waals surface area (Å²) in [5.41, 5.74) is 0.